The minimum absolute atomic E-state index is 0.105. The van der Waals surface area contributed by atoms with Gasteiger partial charge in [-0.15, -0.1) is 0 Å². The van der Waals surface area contributed by atoms with Crippen molar-refractivity contribution in [2.45, 2.75) is 19.4 Å². The fourth-order valence-corrected chi connectivity index (χ4v) is 2.87. The molecule has 2 heterocycles. The number of anilines is 1. The molecule has 0 spiro atoms. The van der Waals surface area contributed by atoms with Crippen LogP contribution >= 0.6 is 11.6 Å². The molecule has 1 aromatic carbocycles. The summed E-state index contributed by atoms with van der Waals surface area (Å²) in [7, 11) is 0. The van der Waals surface area contributed by atoms with Crippen LogP contribution in [0.25, 0.3) is 0 Å². The van der Waals surface area contributed by atoms with Crippen molar-refractivity contribution in [2.24, 2.45) is 11.7 Å². The molecule has 3 rings (SSSR count). The van der Waals surface area contributed by atoms with Crippen molar-refractivity contribution in [3.8, 4) is 11.8 Å². The molecule has 1 aliphatic rings. The van der Waals surface area contributed by atoms with E-state index in [0.717, 1.165) is 0 Å². The van der Waals surface area contributed by atoms with Crippen LogP contribution in [-0.2, 0) is 11.4 Å². The number of carbonyl (C=O) groups excluding carboxylic acids is 1. The highest BCUT2D eigenvalue weighted by Gasteiger charge is 2.27. The molecule has 0 saturated carbocycles. The highest BCUT2D eigenvalue weighted by Crippen LogP contribution is 2.27. The summed E-state index contributed by atoms with van der Waals surface area (Å²) in [4.78, 5) is 17.3. The van der Waals surface area contributed by atoms with Gasteiger partial charge in [0.05, 0.1) is 0 Å². The number of hydrogen-bond acceptors (Lipinski definition) is 6. The molecule has 0 aliphatic carbocycles. The van der Waals surface area contributed by atoms with E-state index in [2.05, 4.69) is 4.98 Å². The van der Waals surface area contributed by atoms with Crippen molar-refractivity contribution in [1.29, 1.82) is 5.26 Å². The van der Waals surface area contributed by atoms with E-state index in [0.29, 0.717) is 48.5 Å². The van der Waals surface area contributed by atoms with Gasteiger partial charge in [0, 0.05) is 24.0 Å². The molecule has 0 unspecified atom stereocenters. The quantitative estimate of drug-likeness (QED) is 0.878. The molecule has 1 saturated heterocycles. The van der Waals surface area contributed by atoms with Crippen molar-refractivity contribution in [1.82, 2.24) is 4.98 Å². The molecule has 2 aromatic rings. The van der Waals surface area contributed by atoms with Gasteiger partial charge in [0.15, 0.2) is 6.61 Å². The van der Waals surface area contributed by atoms with E-state index >= 15 is 0 Å². The predicted molar refractivity (Wildman–Crippen MR) is 91.1 cm³/mol. The van der Waals surface area contributed by atoms with Gasteiger partial charge in [-0.2, -0.15) is 10.2 Å². The number of nitrogens with zero attached hydrogens (tertiary/aromatic N) is 3. The van der Waals surface area contributed by atoms with E-state index < -0.39 is 0 Å². The van der Waals surface area contributed by atoms with Crippen molar-refractivity contribution in [2.75, 3.05) is 18.0 Å². The summed E-state index contributed by atoms with van der Waals surface area (Å²) in [6.07, 6.45) is 1.27. The van der Waals surface area contributed by atoms with Crippen LogP contribution in [0.4, 0.5) is 5.88 Å². The Morgan fingerprint density at radius 1 is 1.40 bits per heavy atom. The average molecular weight is 361 g/mol. The number of piperidine rings is 1. The number of halogens is 1. The summed E-state index contributed by atoms with van der Waals surface area (Å²) in [5, 5.41) is 9.91. The number of oxazole rings is 1. The summed E-state index contributed by atoms with van der Waals surface area (Å²) >= 11 is 5.83. The molecule has 0 atom stereocenters. The lowest BCUT2D eigenvalue weighted by Crippen LogP contribution is -2.38. The van der Waals surface area contributed by atoms with Gasteiger partial charge in [-0.25, -0.2) is 0 Å². The minimum Gasteiger partial charge on any atom is -0.484 e. The topological polar surface area (TPSA) is 105 Å². The fourth-order valence-electron chi connectivity index (χ4n) is 2.75. The van der Waals surface area contributed by atoms with Crippen LogP contribution in [0, 0.1) is 17.2 Å². The average Bonchev–Trinajstić information content (AvgIpc) is 3.04. The lowest BCUT2D eigenvalue weighted by molar-refractivity contribution is -0.122. The number of rotatable bonds is 5. The number of ether oxygens (including phenoxy) is 1. The minimum atomic E-state index is -0.283. The maximum absolute atomic E-state index is 11.3. The molecule has 2 N–H and O–H groups in total. The Kier molecular flexibility index (Phi) is 5.10. The molecule has 7 nitrogen and oxygen atoms in total. The second-order valence-electron chi connectivity index (χ2n) is 5.78. The van der Waals surface area contributed by atoms with Crippen LogP contribution in [0.15, 0.2) is 28.7 Å². The first-order valence-corrected chi connectivity index (χ1v) is 8.27. The van der Waals surface area contributed by atoms with Crippen LogP contribution < -0.4 is 15.4 Å². The zero-order valence-electron chi connectivity index (χ0n) is 13.4. The Morgan fingerprint density at radius 2 is 2.08 bits per heavy atom. The first-order chi connectivity index (χ1) is 12.1. The van der Waals surface area contributed by atoms with Crippen molar-refractivity contribution in [3.05, 3.63) is 40.9 Å². The standard InChI is InChI=1S/C17H17ClN4O3/c18-12-1-3-13(4-2-12)24-10-15-21-14(9-19)17(25-15)22-7-5-11(6-8-22)16(20)23/h1-4,11H,5-8,10H2,(H2,20,23). The lowest BCUT2D eigenvalue weighted by Gasteiger charge is -2.30. The summed E-state index contributed by atoms with van der Waals surface area (Å²) in [5.41, 5.74) is 5.56. The van der Waals surface area contributed by atoms with E-state index in [-0.39, 0.29) is 24.1 Å². The summed E-state index contributed by atoms with van der Waals surface area (Å²) in [5.74, 6) is 0.954. The van der Waals surface area contributed by atoms with E-state index in [1.807, 2.05) is 11.0 Å². The number of carbonyl (C=O) groups is 1. The van der Waals surface area contributed by atoms with Crippen LogP contribution in [0.3, 0.4) is 0 Å². The number of nitrogens with two attached hydrogens (primary N) is 1. The van der Waals surface area contributed by atoms with Gasteiger partial charge in [-0.05, 0) is 37.1 Å². The lowest BCUT2D eigenvalue weighted by atomic mass is 9.96. The van der Waals surface area contributed by atoms with Gasteiger partial charge in [0.2, 0.25) is 23.4 Å². The second-order valence-corrected chi connectivity index (χ2v) is 6.22. The molecule has 1 fully saturated rings. The number of aromatic nitrogens is 1. The molecule has 25 heavy (non-hydrogen) atoms. The van der Waals surface area contributed by atoms with E-state index in [4.69, 9.17) is 26.5 Å². The van der Waals surface area contributed by atoms with Crippen molar-refractivity contribution < 1.29 is 13.9 Å². The highest BCUT2D eigenvalue weighted by atomic mass is 35.5. The van der Waals surface area contributed by atoms with Gasteiger partial charge in [0.25, 0.3) is 0 Å². The molecule has 0 bridgehead atoms. The SMILES string of the molecule is N#Cc1nc(COc2ccc(Cl)cc2)oc1N1CCC(C(N)=O)CC1. The number of benzene rings is 1. The largest absolute Gasteiger partial charge is 0.484 e. The van der Waals surface area contributed by atoms with Gasteiger partial charge in [-0.1, -0.05) is 11.6 Å². The number of nitriles is 1. The molecular formula is C17H17ClN4O3. The molecule has 0 radical (unpaired) electrons. The third-order valence-corrected chi connectivity index (χ3v) is 4.37. The molecule has 130 valence electrons. The smallest absolute Gasteiger partial charge is 0.236 e. The van der Waals surface area contributed by atoms with E-state index in [1.54, 1.807) is 24.3 Å². The Bertz CT molecular complexity index is 789. The van der Waals surface area contributed by atoms with E-state index in [9.17, 15) is 10.1 Å². The number of amides is 1. The fraction of sp³-hybridized carbons (Fsp3) is 0.353. The number of primary amides is 1. The van der Waals surface area contributed by atoms with Crippen molar-refractivity contribution >= 4 is 23.4 Å². The van der Waals surface area contributed by atoms with E-state index in [1.165, 1.54) is 0 Å². The van der Waals surface area contributed by atoms with Gasteiger partial charge < -0.3 is 19.8 Å². The maximum Gasteiger partial charge on any atom is 0.236 e. The normalized spacial score (nSPS) is 15.0. The molecule has 1 aromatic heterocycles. The summed E-state index contributed by atoms with van der Waals surface area (Å²) in [6, 6.07) is 8.97. The Morgan fingerprint density at radius 3 is 2.68 bits per heavy atom. The molecule has 1 aliphatic heterocycles. The van der Waals surface area contributed by atoms with Crippen LogP contribution in [-0.4, -0.2) is 24.0 Å². The third kappa shape index (κ3) is 4.03. The maximum atomic E-state index is 11.3. The van der Waals surface area contributed by atoms with Gasteiger partial charge in [-0.3, -0.25) is 4.79 Å². The zero-order chi connectivity index (χ0) is 17.8. The van der Waals surface area contributed by atoms with Crippen LogP contribution in [0.1, 0.15) is 24.4 Å². The predicted octanol–water partition coefficient (Wildman–Crippen LogP) is 2.48. The summed E-state index contributed by atoms with van der Waals surface area (Å²) < 4.78 is 11.3. The summed E-state index contributed by atoms with van der Waals surface area (Å²) in [6.45, 7) is 1.29. The Balaban J connectivity index is 1.66. The second kappa shape index (κ2) is 7.45. The molecule has 1 amide bonds. The van der Waals surface area contributed by atoms with Gasteiger partial charge >= 0.3 is 0 Å². The molecular weight excluding hydrogens is 344 g/mol. The number of hydrogen-bond donors (Lipinski definition) is 1. The monoisotopic (exact) mass is 360 g/mol. The van der Waals surface area contributed by atoms with Gasteiger partial charge in [0.1, 0.15) is 11.8 Å². The Labute approximate surface area is 149 Å². The highest BCUT2D eigenvalue weighted by molar-refractivity contribution is 6.30. The third-order valence-electron chi connectivity index (χ3n) is 4.12. The zero-order valence-corrected chi connectivity index (χ0v) is 14.2. The Hall–Kier alpha value is -2.72. The van der Waals surface area contributed by atoms with Crippen LogP contribution in [0.5, 0.6) is 5.75 Å². The first kappa shape index (κ1) is 17.1. The molecule has 8 heteroatoms. The van der Waals surface area contributed by atoms with Crippen molar-refractivity contribution in [3.63, 3.8) is 0 Å². The first-order valence-electron chi connectivity index (χ1n) is 7.89. The van der Waals surface area contributed by atoms with Crippen LogP contribution in [0.2, 0.25) is 5.02 Å².